The predicted molar refractivity (Wildman–Crippen MR) is 77.8 cm³/mol. The maximum atomic E-state index is 4.14. The molecule has 0 spiro atoms. The van der Waals surface area contributed by atoms with Crippen LogP contribution in [0.4, 0.5) is 0 Å². The van der Waals surface area contributed by atoms with E-state index in [-0.39, 0.29) is 0 Å². The number of aromatic nitrogens is 4. The van der Waals surface area contributed by atoms with Crippen LogP contribution in [0.15, 0.2) is 48.9 Å². The van der Waals surface area contributed by atoms with E-state index < -0.39 is 0 Å². The number of nitrogens with one attached hydrogen (secondary N) is 2. The monoisotopic (exact) mass is 267 g/mol. The van der Waals surface area contributed by atoms with Crippen LogP contribution < -0.4 is 5.32 Å². The van der Waals surface area contributed by atoms with Gasteiger partial charge in [0.25, 0.3) is 0 Å². The van der Waals surface area contributed by atoms with Gasteiger partial charge in [-0.25, -0.2) is 4.98 Å². The fourth-order valence-electron chi connectivity index (χ4n) is 2.14. The van der Waals surface area contributed by atoms with Crippen LogP contribution in [0.2, 0.25) is 0 Å². The third-order valence-electron chi connectivity index (χ3n) is 3.33. The number of benzene rings is 1. The summed E-state index contributed by atoms with van der Waals surface area (Å²) in [5.41, 5.74) is 3.58. The molecule has 5 nitrogen and oxygen atoms in total. The molecule has 3 aromatic rings. The van der Waals surface area contributed by atoms with Gasteiger partial charge >= 0.3 is 0 Å². The molecule has 0 bridgehead atoms. The lowest BCUT2D eigenvalue weighted by atomic mass is 10.1. The molecule has 0 amide bonds. The normalized spacial score (nSPS) is 10.8. The molecule has 20 heavy (non-hydrogen) atoms. The Balaban J connectivity index is 1.57. The van der Waals surface area contributed by atoms with E-state index in [0.717, 1.165) is 24.5 Å². The second-order valence-corrected chi connectivity index (χ2v) is 4.74. The number of aromatic amines is 1. The SMILES string of the molecule is Cn1cccc1CNCc1ccc(-c2ncn[nH]2)cc1. The summed E-state index contributed by atoms with van der Waals surface area (Å²) in [6.07, 6.45) is 3.58. The largest absolute Gasteiger partial charge is 0.353 e. The molecular weight excluding hydrogens is 250 g/mol. The molecule has 1 aromatic carbocycles. The maximum absolute atomic E-state index is 4.14. The van der Waals surface area contributed by atoms with Crippen LogP contribution in [0.3, 0.4) is 0 Å². The summed E-state index contributed by atoms with van der Waals surface area (Å²) >= 11 is 0. The second-order valence-electron chi connectivity index (χ2n) is 4.74. The smallest absolute Gasteiger partial charge is 0.155 e. The summed E-state index contributed by atoms with van der Waals surface area (Å²) < 4.78 is 2.13. The first-order valence-electron chi connectivity index (χ1n) is 6.58. The molecule has 3 rings (SSSR count). The molecular formula is C15H17N5. The standard InChI is InChI=1S/C15H17N5/c1-20-8-2-3-14(20)10-16-9-12-4-6-13(7-5-12)15-17-11-18-19-15/h2-8,11,16H,9-10H2,1H3,(H,17,18,19). The van der Waals surface area contributed by atoms with Gasteiger partial charge in [-0.05, 0) is 17.7 Å². The Bertz CT molecular complexity index is 652. The fourth-order valence-corrected chi connectivity index (χ4v) is 2.14. The van der Waals surface area contributed by atoms with Crippen molar-refractivity contribution in [3.63, 3.8) is 0 Å². The molecule has 2 aromatic heterocycles. The number of H-pyrrole nitrogens is 1. The first-order chi connectivity index (χ1) is 9.83. The van der Waals surface area contributed by atoms with E-state index in [1.807, 2.05) is 0 Å². The topological polar surface area (TPSA) is 58.5 Å². The van der Waals surface area contributed by atoms with Crippen molar-refractivity contribution in [2.45, 2.75) is 13.1 Å². The summed E-state index contributed by atoms with van der Waals surface area (Å²) in [5.74, 6) is 0.799. The van der Waals surface area contributed by atoms with Crippen molar-refractivity contribution in [2.75, 3.05) is 0 Å². The molecule has 0 unspecified atom stereocenters. The van der Waals surface area contributed by atoms with Crippen molar-refractivity contribution in [2.24, 2.45) is 7.05 Å². The van der Waals surface area contributed by atoms with E-state index in [9.17, 15) is 0 Å². The Labute approximate surface area is 117 Å². The molecule has 2 N–H and O–H groups in total. The van der Waals surface area contributed by atoms with Gasteiger partial charge in [-0.1, -0.05) is 24.3 Å². The second kappa shape index (κ2) is 5.71. The highest BCUT2D eigenvalue weighted by Crippen LogP contribution is 2.14. The lowest BCUT2D eigenvalue weighted by molar-refractivity contribution is 0.655. The van der Waals surface area contributed by atoms with Crippen molar-refractivity contribution < 1.29 is 0 Å². The van der Waals surface area contributed by atoms with Crippen LogP contribution in [0.25, 0.3) is 11.4 Å². The van der Waals surface area contributed by atoms with E-state index in [4.69, 9.17) is 0 Å². The summed E-state index contributed by atoms with van der Waals surface area (Å²) in [6.45, 7) is 1.72. The van der Waals surface area contributed by atoms with Crippen LogP contribution in [-0.2, 0) is 20.1 Å². The number of aryl methyl sites for hydroxylation is 1. The van der Waals surface area contributed by atoms with Gasteiger partial charge in [0.15, 0.2) is 5.82 Å². The van der Waals surface area contributed by atoms with Crippen LogP contribution in [0.5, 0.6) is 0 Å². The first-order valence-corrected chi connectivity index (χ1v) is 6.58. The average Bonchev–Trinajstić information content (AvgIpc) is 3.12. The lowest BCUT2D eigenvalue weighted by Gasteiger charge is -2.06. The number of nitrogens with zero attached hydrogens (tertiary/aromatic N) is 3. The van der Waals surface area contributed by atoms with Crippen molar-refractivity contribution >= 4 is 0 Å². The molecule has 0 aliphatic rings. The van der Waals surface area contributed by atoms with Gasteiger partial charge in [0, 0.05) is 37.6 Å². The summed E-state index contributed by atoms with van der Waals surface area (Å²) in [6, 6.07) is 12.5. The van der Waals surface area contributed by atoms with Gasteiger partial charge in [-0.3, -0.25) is 5.10 Å². The minimum absolute atomic E-state index is 0.799. The number of hydrogen-bond acceptors (Lipinski definition) is 3. The predicted octanol–water partition coefficient (Wildman–Crippen LogP) is 2.10. The van der Waals surface area contributed by atoms with Gasteiger partial charge in [-0.15, -0.1) is 0 Å². The number of hydrogen-bond donors (Lipinski definition) is 2. The molecule has 0 radical (unpaired) electrons. The Morgan fingerprint density at radius 1 is 1.15 bits per heavy atom. The molecule has 0 fully saturated rings. The van der Waals surface area contributed by atoms with Crippen LogP contribution in [0, 0.1) is 0 Å². The third kappa shape index (κ3) is 2.78. The van der Waals surface area contributed by atoms with E-state index in [2.05, 4.69) is 74.7 Å². The highest BCUT2D eigenvalue weighted by molar-refractivity contribution is 5.54. The summed E-state index contributed by atoms with van der Waals surface area (Å²) in [7, 11) is 2.06. The van der Waals surface area contributed by atoms with Crippen LogP contribution in [0.1, 0.15) is 11.3 Å². The quantitative estimate of drug-likeness (QED) is 0.744. The molecule has 102 valence electrons. The minimum Gasteiger partial charge on any atom is -0.353 e. The van der Waals surface area contributed by atoms with E-state index >= 15 is 0 Å². The van der Waals surface area contributed by atoms with E-state index in [1.165, 1.54) is 17.6 Å². The molecule has 0 aliphatic carbocycles. The third-order valence-corrected chi connectivity index (χ3v) is 3.33. The molecule has 0 saturated carbocycles. The molecule has 0 saturated heterocycles. The van der Waals surface area contributed by atoms with Crippen LogP contribution >= 0.6 is 0 Å². The fraction of sp³-hybridized carbons (Fsp3) is 0.200. The molecule has 0 atom stereocenters. The van der Waals surface area contributed by atoms with Gasteiger partial charge in [-0.2, -0.15) is 5.10 Å². The minimum atomic E-state index is 0.799. The maximum Gasteiger partial charge on any atom is 0.155 e. The zero-order chi connectivity index (χ0) is 13.8. The van der Waals surface area contributed by atoms with Gasteiger partial charge in [0.1, 0.15) is 6.33 Å². The van der Waals surface area contributed by atoms with Gasteiger partial charge in [0.2, 0.25) is 0 Å². The molecule has 2 heterocycles. The van der Waals surface area contributed by atoms with E-state index in [1.54, 1.807) is 0 Å². The Kier molecular flexibility index (Phi) is 3.60. The van der Waals surface area contributed by atoms with Crippen molar-refractivity contribution in [3.8, 4) is 11.4 Å². The van der Waals surface area contributed by atoms with Crippen molar-refractivity contribution in [1.29, 1.82) is 0 Å². The Morgan fingerprint density at radius 2 is 2.00 bits per heavy atom. The Morgan fingerprint density at radius 3 is 2.65 bits per heavy atom. The summed E-state index contributed by atoms with van der Waals surface area (Å²) in [4.78, 5) is 4.14. The molecule has 5 heteroatoms. The zero-order valence-corrected chi connectivity index (χ0v) is 11.4. The average molecular weight is 267 g/mol. The lowest BCUT2D eigenvalue weighted by Crippen LogP contribution is -2.14. The van der Waals surface area contributed by atoms with Crippen molar-refractivity contribution in [3.05, 3.63) is 60.2 Å². The first kappa shape index (κ1) is 12.6. The highest BCUT2D eigenvalue weighted by Gasteiger charge is 2.01. The van der Waals surface area contributed by atoms with Gasteiger partial charge < -0.3 is 9.88 Å². The van der Waals surface area contributed by atoms with Crippen LogP contribution in [-0.4, -0.2) is 19.7 Å². The number of rotatable bonds is 5. The Hall–Kier alpha value is -2.40. The zero-order valence-electron chi connectivity index (χ0n) is 11.4. The highest BCUT2D eigenvalue weighted by atomic mass is 15.2. The van der Waals surface area contributed by atoms with Crippen molar-refractivity contribution in [1.82, 2.24) is 25.1 Å². The summed E-state index contributed by atoms with van der Waals surface area (Å²) in [5, 5.41) is 10.2. The molecule has 0 aliphatic heterocycles. The van der Waals surface area contributed by atoms with E-state index in [0.29, 0.717) is 0 Å². The van der Waals surface area contributed by atoms with Gasteiger partial charge in [0.05, 0.1) is 0 Å².